The largest absolute Gasteiger partial charge is 0.465 e. The summed E-state index contributed by atoms with van der Waals surface area (Å²) in [5.74, 6) is 0.0570. The quantitative estimate of drug-likeness (QED) is 0.447. The number of carbonyl (C=O) groups is 2. The van der Waals surface area contributed by atoms with Gasteiger partial charge in [0.25, 0.3) is 0 Å². The van der Waals surface area contributed by atoms with Gasteiger partial charge in [-0.3, -0.25) is 4.79 Å². The van der Waals surface area contributed by atoms with E-state index < -0.39 is 0 Å². The van der Waals surface area contributed by atoms with Crippen molar-refractivity contribution in [2.45, 2.75) is 75.5 Å². The van der Waals surface area contributed by atoms with Gasteiger partial charge in [-0.2, -0.15) is 0 Å². The van der Waals surface area contributed by atoms with Gasteiger partial charge in [-0.25, -0.2) is 4.79 Å². The van der Waals surface area contributed by atoms with Gasteiger partial charge in [0.15, 0.2) is 6.54 Å². The number of nitrogens with zero attached hydrogens (tertiary/aromatic N) is 1. The van der Waals surface area contributed by atoms with E-state index in [1.165, 1.54) is 20.0 Å². The summed E-state index contributed by atoms with van der Waals surface area (Å²) in [5.41, 5.74) is 1.09. The number of benzene rings is 1. The predicted octanol–water partition coefficient (Wildman–Crippen LogP) is 4.39. The van der Waals surface area contributed by atoms with Crippen molar-refractivity contribution in [1.29, 1.82) is 0 Å². The zero-order valence-corrected chi connectivity index (χ0v) is 19.8. The highest BCUT2D eigenvalue weighted by Crippen LogP contribution is 2.43. The number of quaternary nitrogens is 1. The number of methoxy groups -OCH3 is 1. The van der Waals surface area contributed by atoms with Crippen LogP contribution in [0.5, 0.6) is 0 Å². The number of esters is 2. The van der Waals surface area contributed by atoms with Crippen LogP contribution in [-0.2, 0) is 19.1 Å². The van der Waals surface area contributed by atoms with Crippen molar-refractivity contribution in [2.75, 3.05) is 20.7 Å². The molecule has 0 aromatic heterocycles. The minimum absolute atomic E-state index is 0. The second-order valence-electron chi connectivity index (χ2n) is 9.43. The van der Waals surface area contributed by atoms with Crippen LogP contribution in [0.4, 0.5) is 0 Å². The van der Waals surface area contributed by atoms with Crippen molar-refractivity contribution >= 4 is 28.9 Å². The average Bonchev–Trinajstić information content (AvgIpc) is 3.26. The first-order chi connectivity index (χ1) is 14.0. The van der Waals surface area contributed by atoms with Crippen LogP contribution in [-0.4, -0.2) is 55.3 Å². The van der Waals surface area contributed by atoms with E-state index in [0.717, 1.165) is 48.6 Å². The molecule has 3 aliphatic rings. The molecule has 0 N–H and O–H groups in total. The van der Waals surface area contributed by atoms with E-state index in [4.69, 9.17) is 9.47 Å². The highest BCUT2D eigenvalue weighted by molar-refractivity contribution is 8.93. The maximum Gasteiger partial charge on any atom is 0.361 e. The number of ether oxygens (including phenoxy) is 2. The molecule has 2 heterocycles. The molecular formula is C24H35BrNO4+. The van der Waals surface area contributed by atoms with E-state index in [1.807, 2.05) is 18.2 Å². The molecule has 3 fully saturated rings. The highest BCUT2D eigenvalue weighted by atomic mass is 79.9. The number of piperidine rings is 1. The zero-order valence-electron chi connectivity index (χ0n) is 18.1. The molecule has 0 spiro atoms. The number of hydrogen-bond donors (Lipinski definition) is 0. The Bertz CT molecular complexity index is 720. The number of carbonyl (C=O) groups excluding carboxylic acids is 2. The number of hydrogen-bond acceptors (Lipinski definition) is 4. The lowest BCUT2D eigenvalue weighted by Gasteiger charge is -2.46. The molecule has 5 nitrogen and oxygen atoms in total. The summed E-state index contributed by atoms with van der Waals surface area (Å²) in [5, 5.41) is 0. The van der Waals surface area contributed by atoms with Gasteiger partial charge in [-0.15, -0.1) is 17.0 Å². The molecule has 3 atom stereocenters. The van der Waals surface area contributed by atoms with Crippen LogP contribution in [0.2, 0.25) is 0 Å². The van der Waals surface area contributed by atoms with Crippen LogP contribution in [0.25, 0.3) is 0 Å². The number of likely N-dealkylation sites (N-methyl/N-ethyl adjacent to an activating group) is 1. The van der Waals surface area contributed by atoms with Gasteiger partial charge in [0, 0.05) is 25.7 Å². The molecule has 1 saturated carbocycles. The Morgan fingerprint density at radius 3 is 2.20 bits per heavy atom. The fourth-order valence-electron chi connectivity index (χ4n) is 6.18. The minimum Gasteiger partial charge on any atom is -0.465 e. The molecule has 166 valence electrons. The smallest absolute Gasteiger partial charge is 0.361 e. The maximum atomic E-state index is 13.3. The monoisotopic (exact) mass is 480 g/mol. The van der Waals surface area contributed by atoms with Crippen molar-refractivity contribution in [3.05, 3.63) is 35.9 Å². The van der Waals surface area contributed by atoms with Gasteiger partial charge in [-0.05, 0) is 24.3 Å². The standard InChI is InChI=1S/C24H34NO4.BrH/c1-25(16-22(26)28-2)19-12-13-20(25)15-21(14-19)29-24(27)23(18-10-6-7-11-18)17-8-4-3-5-9-17;/h3-5,8-9,18-21,23H,6-7,10-16H2,1-2H3;1H/q+1;. The molecule has 6 heteroatoms. The van der Waals surface area contributed by atoms with Crippen LogP contribution >= 0.6 is 17.0 Å². The summed E-state index contributed by atoms with van der Waals surface area (Å²) < 4.78 is 11.8. The second-order valence-corrected chi connectivity index (χ2v) is 9.43. The first-order valence-electron chi connectivity index (χ1n) is 11.2. The molecule has 0 amide bonds. The van der Waals surface area contributed by atoms with E-state index in [-0.39, 0.29) is 40.9 Å². The van der Waals surface area contributed by atoms with E-state index >= 15 is 0 Å². The van der Waals surface area contributed by atoms with E-state index in [1.54, 1.807) is 0 Å². The minimum atomic E-state index is -0.148. The van der Waals surface area contributed by atoms with Crippen LogP contribution in [0, 0.1) is 5.92 Å². The molecule has 1 aliphatic carbocycles. The highest BCUT2D eigenvalue weighted by Gasteiger charge is 2.53. The summed E-state index contributed by atoms with van der Waals surface area (Å²) in [7, 11) is 3.63. The topological polar surface area (TPSA) is 52.6 Å². The van der Waals surface area contributed by atoms with Crippen LogP contribution in [0.3, 0.4) is 0 Å². The Labute approximate surface area is 190 Å². The molecule has 1 aromatic rings. The Morgan fingerprint density at radius 2 is 1.63 bits per heavy atom. The van der Waals surface area contributed by atoms with Gasteiger partial charge >= 0.3 is 11.9 Å². The Balaban J connectivity index is 0.00000256. The first kappa shape index (κ1) is 23.3. The second kappa shape index (κ2) is 9.82. The summed E-state index contributed by atoms with van der Waals surface area (Å²) in [6, 6.07) is 10.9. The van der Waals surface area contributed by atoms with Crippen molar-refractivity contribution in [3.8, 4) is 0 Å². The molecule has 1 aromatic carbocycles. The summed E-state index contributed by atoms with van der Waals surface area (Å²) >= 11 is 0. The molecule has 0 radical (unpaired) electrons. The summed E-state index contributed by atoms with van der Waals surface area (Å²) in [6.07, 6.45) is 8.49. The normalized spacial score (nSPS) is 31.6. The number of fused-ring (bicyclic) bond motifs is 2. The van der Waals surface area contributed by atoms with Gasteiger partial charge < -0.3 is 14.0 Å². The molecule has 2 bridgehead atoms. The molecule has 30 heavy (non-hydrogen) atoms. The van der Waals surface area contributed by atoms with Crippen LogP contribution in [0.15, 0.2) is 30.3 Å². The van der Waals surface area contributed by atoms with Crippen LogP contribution < -0.4 is 0 Å². The molecular weight excluding hydrogens is 446 g/mol. The SMILES string of the molecule is Br.COC(=O)C[N+]1(C)C2CCC1CC(OC(=O)C(c1ccccc1)C1CCCC1)C2. The van der Waals surface area contributed by atoms with Crippen molar-refractivity contribution < 1.29 is 23.5 Å². The van der Waals surface area contributed by atoms with Crippen molar-refractivity contribution in [3.63, 3.8) is 0 Å². The Morgan fingerprint density at radius 1 is 1.03 bits per heavy atom. The van der Waals surface area contributed by atoms with Crippen LogP contribution in [0.1, 0.15) is 62.8 Å². The van der Waals surface area contributed by atoms with E-state index in [9.17, 15) is 9.59 Å². The maximum absolute atomic E-state index is 13.3. The third-order valence-corrected chi connectivity index (χ3v) is 7.84. The first-order valence-corrected chi connectivity index (χ1v) is 11.2. The Kier molecular flexibility index (Phi) is 7.61. The predicted molar refractivity (Wildman–Crippen MR) is 120 cm³/mol. The van der Waals surface area contributed by atoms with Crippen molar-refractivity contribution in [1.82, 2.24) is 0 Å². The fourth-order valence-corrected chi connectivity index (χ4v) is 6.18. The van der Waals surface area contributed by atoms with E-state index in [0.29, 0.717) is 24.5 Å². The Hall–Kier alpha value is -1.40. The number of rotatable bonds is 6. The lowest BCUT2D eigenvalue weighted by molar-refractivity contribution is -0.942. The van der Waals surface area contributed by atoms with Gasteiger partial charge in [0.05, 0.1) is 32.2 Å². The summed E-state index contributed by atoms with van der Waals surface area (Å²) in [6.45, 7) is 0.418. The zero-order chi connectivity index (χ0) is 20.4. The van der Waals surface area contributed by atoms with Gasteiger partial charge in [0.2, 0.25) is 0 Å². The van der Waals surface area contributed by atoms with Crippen molar-refractivity contribution in [2.24, 2.45) is 5.92 Å². The fraction of sp³-hybridized carbons (Fsp3) is 0.667. The molecule has 2 aliphatic heterocycles. The third-order valence-electron chi connectivity index (χ3n) is 7.84. The van der Waals surface area contributed by atoms with E-state index in [2.05, 4.69) is 19.2 Å². The lowest BCUT2D eigenvalue weighted by Crippen LogP contribution is -2.61. The average molecular weight is 481 g/mol. The summed E-state index contributed by atoms with van der Waals surface area (Å²) in [4.78, 5) is 25.3. The molecule has 2 saturated heterocycles. The number of halogens is 1. The molecule has 4 rings (SSSR count). The lowest BCUT2D eigenvalue weighted by atomic mass is 9.84. The third kappa shape index (κ3) is 4.59. The van der Waals surface area contributed by atoms with Gasteiger partial charge in [-0.1, -0.05) is 43.2 Å². The molecule has 3 unspecified atom stereocenters. The van der Waals surface area contributed by atoms with Gasteiger partial charge in [0.1, 0.15) is 6.10 Å².